The normalized spacial score (nSPS) is 16.8. The predicted octanol–water partition coefficient (Wildman–Crippen LogP) is 0.245. The Kier molecular flexibility index (Phi) is 4.55. The van der Waals surface area contributed by atoms with E-state index in [0.717, 1.165) is 0 Å². The number of primary amides is 1. The van der Waals surface area contributed by atoms with Crippen LogP contribution in [0.15, 0.2) is 0 Å². The molecule has 4 heteroatoms. The van der Waals surface area contributed by atoms with Gasteiger partial charge in [-0.15, -0.1) is 0 Å². The van der Waals surface area contributed by atoms with E-state index in [0.29, 0.717) is 0 Å². The summed E-state index contributed by atoms with van der Waals surface area (Å²) in [5.41, 5.74) is 4.39. The Bertz CT molecular complexity index is 197. The summed E-state index contributed by atoms with van der Waals surface area (Å²) in [6.45, 7) is 9.06. The molecule has 0 radical (unpaired) electrons. The Morgan fingerprint density at radius 3 is 2.00 bits per heavy atom. The quantitative estimate of drug-likeness (QED) is 0.598. The molecule has 0 fully saturated rings. The molecule has 2 atom stereocenters. The molecule has 0 aromatic heterocycles. The number of carbonyl (C=O) groups excluding carboxylic acids is 1. The van der Waals surface area contributed by atoms with Gasteiger partial charge in [-0.25, -0.2) is 0 Å². The Morgan fingerprint density at radius 1 is 1.36 bits per heavy atom. The van der Waals surface area contributed by atoms with Crippen molar-refractivity contribution in [3.63, 3.8) is 0 Å². The fraction of sp³-hybridized carbons (Fsp3) is 0.900. The van der Waals surface area contributed by atoms with Crippen LogP contribution in [0.1, 0.15) is 34.6 Å². The Labute approximate surface area is 85.9 Å². The van der Waals surface area contributed by atoms with Gasteiger partial charge in [-0.3, -0.25) is 4.79 Å². The van der Waals surface area contributed by atoms with E-state index in [9.17, 15) is 9.90 Å². The largest absolute Gasteiger partial charge is 0.389 e. The first kappa shape index (κ1) is 13.4. The molecule has 0 aliphatic rings. The Hall–Kier alpha value is -0.610. The van der Waals surface area contributed by atoms with Gasteiger partial charge in [0.1, 0.15) is 0 Å². The van der Waals surface area contributed by atoms with E-state index >= 15 is 0 Å². The molecule has 0 aromatic carbocycles. The summed E-state index contributed by atoms with van der Waals surface area (Å²) in [4.78, 5) is 11.1. The summed E-state index contributed by atoms with van der Waals surface area (Å²) in [6, 6.07) is -0.571. The monoisotopic (exact) mass is 202 g/mol. The lowest BCUT2D eigenvalue weighted by molar-refractivity contribution is -0.121. The first-order chi connectivity index (χ1) is 6.16. The zero-order valence-corrected chi connectivity index (χ0v) is 9.66. The van der Waals surface area contributed by atoms with Gasteiger partial charge in [-0.2, -0.15) is 0 Å². The van der Waals surface area contributed by atoms with Crippen molar-refractivity contribution < 1.29 is 9.90 Å². The highest BCUT2D eigenvalue weighted by atomic mass is 16.3. The minimum Gasteiger partial charge on any atom is -0.389 e. The smallest absolute Gasteiger partial charge is 0.234 e. The molecule has 0 aliphatic heterocycles. The molecule has 0 spiro atoms. The molecule has 2 unspecified atom stereocenters. The van der Waals surface area contributed by atoms with Crippen molar-refractivity contribution in [1.29, 1.82) is 0 Å². The first-order valence-electron chi connectivity index (χ1n) is 4.94. The second-order valence-electron chi connectivity index (χ2n) is 4.67. The fourth-order valence-corrected chi connectivity index (χ4v) is 1.08. The third-order valence-corrected chi connectivity index (χ3v) is 2.46. The van der Waals surface area contributed by atoms with Crippen molar-refractivity contribution in [2.45, 2.75) is 52.3 Å². The van der Waals surface area contributed by atoms with Crippen LogP contribution in [0.5, 0.6) is 0 Å². The van der Waals surface area contributed by atoms with Crippen LogP contribution < -0.4 is 11.1 Å². The van der Waals surface area contributed by atoms with E-state index in [-0.39, 0.29) is 17.9 Å². The molecule has 0 saturated heterocycles. The van der Waals surface area contributed by atoms with Crippen molar-refractivity contribution in [2.75, 3.05) is 0 Å². The van der Waals surface area contributed by atoms with Crippen LogP contribution in [0.2, 0.25) is 0 Å². The maximum atomic E-state index is 11.1. The average molecular weight is 202 g/mol. The van der Waals surface area contributed by atoms with E-state index in [1.165, 1.54) is 0 Å². The lowest BCUT2D eigenvalue weighted by Crippen LogP contribution is -2.55. The van der Waals surface area contributed by atoms with Crippen molar-refractivity contribution in [3.05, 3.63) is 0 Å². The molecule has 0 rings (SSSR count). The van der Waals surface area contributed by atoms with Crippen molar-refractivity contribution in [2.24, 2.45) is 11.7 Å². The summed E-state index contributed by atoms with van der Waals surface area (Å²) in [5, 5.41) is 12.7. The maximum absolute atomic E-state index is 11.1. The van der Waals surface area contributed by atoms with Crippen LogP contribution in [0.25, 0.3) is 0 Å². The van der Waals surface area contributed by atoms with Crippen LogP contribution in [0.3, 0.4) is 0 Å². The van der Waals surface area contributed by atoms with Crippen LogP contribution in [-0.4, -0.2) is 28.7 Å². The summed E-state index contributed by atoms with van der Waals surface area (Å²) in [7, 11) is 0. The number of nitrogens with one attached hydrogen (secondary N) is 1. The zero-order chi connectivity index (χ0) is 11.5. The molecule has 4 N–H and O–H groups in total. The van der Waals surface area contributed by atoms with Crippen LogP contribution in [0.4, 0.5) is 0 Å². The van der Waals surface area contributed by atoms with Gasteiger partial charge in [-0.05, 0) is 26.7 Å². The molecule has 14 heavy (non-hydrogen) atoms. The Balaban J connectivity index is 4.39. The van der Waals surface area contributed by atoms with Crippen LogP contribution in [-0.2, 0) is 4.79 Å². The van der Waals surface area contributed by atoms with Crippen LogP contribution >= 0.6 is 0 Å². The van der Waals surface area contributed by atoms with Gasteiger partial charge >= 0.3 is 0 Å². The number of aliphatic hydroxyl groups is 1. The number of hydrogen-bond acceptors (Lipinski definition) is 3. The molecule has 0 aliphatic carbocycles. The minimum absolute atomic E-state index is 0.122. The van der Waals surface area contributed by atoms with Gasteiger partial charge < -0.3 is 16.2 Å². The summed E-state index contributed by atoms with van der Waals surface area (Å²) in [5.74, 6) is -0.256. The van der Waals surface area contributed by atoms with Gasteiger partial charge in [0.2, 0.25) is 5.91 Å². The summed E-state index contributed by atoms with van der Waals surface area (Å²) in [6.07, 6.45) is 0. The number of hydrogen-bond donors (Lipinski definition) is 3. The maximum Gasteiger partial charge on any atom is 0.234 e. The lowest BCUT2D eigenvalue weighted by atomic mass is 9.96. The Morgan fingerprint density at radius 2 is 1.79 bits per heavy atom. The van der Waals surface area contributed by atoms with Crippen molar-refractivity contribution >= 4 is 5.91 Å². The predicted molar refractivity (Wildman–Crippen MR) is 56.7 cm³/mol. The number of rotatable bonds is 5. The molecule has 0 bridgehead atoms. The van der Waals surface area contributed by atoms with E-state index in [4.69, 9.17) is 5.73 Å². The highest BCUT2D eigenvalue weighted by Crippen LogP contribution is 2.11. The minimum atomic E-state index is -0.859. The molecule has 84 valence electrons. The van der Waals surface area contributed by atoms with Crippen molar-refractivity contribution in [3.8, 4) is 0 Å². The number of nitrogens with two attached hydrogens (primary N) is 1. The highest BCUT2D eigenvalue weighted by Gasteiger charge is 2.28. The third-order valence-electron chi connectivity index (χ3n) is 2.46. The summed E-state index contributed by atoms with van der Waals surface area (Å²) >= 11 is 0. The van der Waals surface area contributed by atoms with Gasteiger partial charge in [0.25, 0.3) is 0 Å². The van der Waals surface area contributed by atoms with E-state index in [2.05, 4.69) is 5.32 Å². The van der Waals surface area contributed by atoms with Crippen LogP contribution in [0, 0.1) is 5.92 Å². The molecule has 0 heterocycles. The van der Waals surface area contributed by atoms with E-state index in [1.54, 1.807) is 13.8 Å². The average Bonchev–Trinajstić information content (AvgIpc) is 1.96. The van der Waals surface area contributed by atoms with Gasteiger partial charge in [0.05, 0.1) is 11.6 Å². The lowest BCUT2D eigenvalue weighted by Gasteiger charge is -2.31. The zero-order valence-electron chi connectivity index (χ0n) is 9.66. The standard InChI is InChI=1S/C10H22N2O2/c1-6(2)8(9(11)13)12-7(3)10(4,5)14/h6-8,12,14H,1-5H3,(H2,11,13). The van der Waals surface area contributed by atoms with E-state index in [1.807, 2.05) is 20.8 Å². The molecule has 1 amide bonds. The second-order valence-corrected chi connectivity index (χ2v) is 4.67. The third kappa shape index (κ3) is 4.07. The van der Waals surface area contributed by atoms with E-state index < -0.39 is 11.6 Å². The molecule has 4 nitrogen and oxygen atoms in total. The molecular weight excluding hydrogens is 180 g/mol. The number of carbonyl (C=O) groups is 1. The number of amides is 1. The summed E-state index contributed by atoms with van der Waals surface area (Å²) < 4.78 is 0. The van der Waals surface area contributed by atoms with Gasteiger partial charge in [0, 0.05) is 6.04 Å². The molecule has 0 aromatic rings. The molecule has 0 saturated carbocycles. The van der Waals surface area contributed by atoms with Gasteiger partial charge in [0.15, 0.2) is 0 Å². The highest BCUT2D eigenvalue weighted by molar-refractivity contribution is 5.80. The SMILES string of the molecule is CC(C)C(NC(C)C(C)(C)O)C(N)=O. The fourth-order valence-electron chi connectivity index (χ4n) is 1.08. The topological polar surface area (TPSA) is 75.3 Å². The first-order valence-corrected chi connectivity index (χ1v) is 4.94. The second kappa shape index (κ2) is 4.75. The van der Waals surface area contributed by atoms with Gasteiger partial charge in [-0.1, -0.05) is 13.8 Å². The van der Waals surface area contributed by atoms with Crippen molar-refractivity contribution in [1.82, 2.24) is 5.32 Å². The molecular formula is C10H22N2O2.